The fourth-order valence-corrected chi connectivity index (χ4v) is 2.81. The topological polar surface area (TPSA) is 45.2 Å². The van der Waals surface area contributed by atoms with Crippen molar-refractivity contribution in [3.8, 4) is 0 Å². The Hall–Kier alpha value is -0.940. The third-order valence-corrected chi connectivity index (χ3v) is 4.19. The second-order valence-electron chi connectivity index (χ2n) is 4.88. The quantitative estimate of drug-likeness (QED) is 0.923. The minimum Gasteiger partial charge on any atom is -0.337 e. The van der Waals surface area contributed by atoms with Crippen molar-refractivity contribution in [1.29, 1.82) is 0 Å². The summed E-state index contributed by atoms with van der Waals surface area (Å²) in [6.45, 7) is 5.86. The number of likely N-dealkylation sites (tertiary alicyclic amines) is 1. The highest BCUT2D eigenvalue weighted by Gasteiger charge is 2.25. The predicted octanol–water partition coefficient (Wildman–Crippen LogP) is 2.31. The largest absolute Gasteiger partial charge is 0.337 e. The molecule has 1 amide bonds. The molecule has 0 spiro atoms. The average Bonchev–Trinajstić information content (AvgIpc) is 2.45. The number of amides is 1. The molecule has 0 radical (unpaired) electrons. The van der Waals surface area contributed by atoms with Gasteiger partial charge in [0.25, 0.3) is 5.91 Å². The third-order valence-electron chi connectivity index (χ3n) is 3.55. The summed E-state index contributed by atoms with van der Waals surface area (Å²) in [6, 6.07) is 3.68. The van der Waals surface area contributed by atoms with Crippen LogP contribution in [-0.2, 0) is 0 Å². The molecule has 2 heterocycles. The summed E-state index contributed by atoms with van der Waals surface area (Å²) >= 11 is 3.39. The van der Waals surface area contributed by atoms with E-state index >= 15 is 0 Å². The molecule has 104 valence electrons. The molecule has 1 fully saturated rings. The van der Waals surface area contributed by atoms with Crippen LogP contribution >= 0.6 is 15.9 Å². The van der Waals surface area contributed by atoms with Crippen molar-refractivity contribution >= 4 is 21.8 Å². The Kier molecular flexibility index (Phi) is 5.34. The number of halogens is 1. The standard InChI is InChI=1S/C14H20BrN3O/c1-2-16-10-11-5-8-18(9-6-11)14(19)13-12(15)4-3-7-17-13/h3-4,7,11,16H,2,5-6,8-10H2,1H3. The van der Waals surface area contributed by atoms with Gasteiger partial charge in [-0.05, 0) is 59.9 Å². The van der Waals surface area contributed by atoms with Crippen molar-refractivity contribution in [2.75, 3.05) is 26.2 Å². The van der Waals surface area contributed by atoms with Crippen LogP contribution in [0.5, 0.6) is 0 Å². The van der Waals surface area contributed by atoms with Crippen molar-refractivity contribution in [3.05, 3.63) is 28.5 Å². The summed E-state index contributed by atoms with van der Waals surface area (Å²) in [5.41, 5.74) is 0.521. The second-order valence-corrected chi connectivity index (χ2v) is 5.73. The fourth-order valence-electron chi connectivity index (χ4n) is 2.38. The Bertz CT molecular complexity index is 430. The molecule has 0 unspecified atom stereocenters. The SMILES string of the molecule is CCNCC1CCN(C(=O)c2ncccc2Br)CC1. The van der Waals surface area contributed by atoms with Crippen LogP contribution in [0.3, 0.4) is 0 Å². The molecule has 1 aliphatic heterocycles. The summed E-state index contributed by atoms with van der Waals surface area (Å²) in [5.74, 6) is 0.727. The summed E-state index contributed by atoms with van der Waals surface area (Å²) in [4.78, 5) is 18.4. The van der Waals surface area contributed by atoms with Crippen LogP contribution in [0, 0.1) is 5.92 Å². The van der Waals surface area contributed by atoms with Gasteiger partial charge in [0.2, 0.25) is 0 Å². The average molecular weight is 326 g/mol. The van der Waals surface area contributed by atoms with Gasteiger partial charge in [-0.1, -0.05) is 6.92 Å². The first-order valence-corrected chi connectivity index (χ1v) is 7.62. The van der Waals surface area contributed by atoms with Crippen molar-refractivity contribution in [3.63, 3.8) is 0 Å². The van der Waals surface area contributed by atoms with Gasteiger partial charge in [0.05, 0.1) is 0 Å². The molecule has 0 atom stereocenters. The lowest BCUT2D eigenvalue weighted by Gasteiger charge is -2.32. The van der Waals surface area contributed by atoms with E-state index in [2.05, 4.69) is 33.2 Å². The fraction of sp³-hybridized carbons (Fsp3) is 0.571. The molecule has 1 saturated heterocycles. The van der Waals surface area contributed by atoms with Gasteiger partial charge in [-0.2, -0.15) is 0 Å². The van der Waals surface area contributed by atoms with Crippen molar-refractivity contribution in [2.45, 2.75) is 19.8 Å². The van der Waals surface area contributed by atoms with Gasteiger partial charge < -0.3 is 10.2 Å². The van der Waals surface area contributed by atoms with E-state index in [0.717, 1.165) is 43.5 Å². The number of hydrogen-bond acceptors (Lipinski definition) is 3. The number of piperidine rings is 1. The first-order valence-electron chi connectivity index (χ1n) is 6.83. The van der Waals surface area contributed by atoms with Crippen molar-refractivity contribution in [1.82, 2.24) is 15.2 Å². The maximum absolute atomic E-state index is 12.4. The molecule has 0 saturated carbocycles. The number of nitrogens with zero attached hydrogens (tertiary/aromatic N) is 2. The number of nitrogens with one attached hydrogen (secondary N) is 1. The highest BCUT2D eigenvalue weighted by Crippen LogP contribution is 2.21. The van der Waals surface area contributed by atoms with Gasteiger partial charge in [-0.3, -0.25) is 4.79 Å². The van der Waals surface area contributed by atoms with Crippen LogP contribution in [0.4, 0.5) is 0 Å². The summed E-state index contributed by atoms with van der Waals surface area (Å²) in [7, 11) is 0. The monoisotopic (exact) mass is 325 g/mol. The Morgan fingerprint density at radius 1 is 1.53 bits per heavy atom. The number of pyridine rings is 1. The number of aromatic nitrogens is 1. The Balaban J connectivity index is 1.91. The zero-order chi connectivity index (χ0) is 13.7. The highest BCUT2D eigenvalue weighted by atomic mass is 79.9. The molecule has 0 aromatic carbocycles. The molecule has 1 N–H and O–H groups in total. The minimum atomic E-state index is 0.0365. The number of carbonyl (C=O) groups excluding carboxylic acids is 1. The molecule has 0 bridgehead atoms. The molecular weight excluding hydrogens is 306 g/mol. The predicted molar refractivity (Wildman–Crippen MR) is 79.1 cm³/mol. The lowest BCUT2D eigenvalue weighted by atomic mass is 9.96. The van der Waals surface area contributed by atoms with E-state index in [1.54, 1.807) is 6.20 Å². The van der Waals surface area contributed by atoms with Gasteiger partial charge in [-0.25, -0.2) is 4.98 Å². The summed E-state index contributed by atoms with van der Waals surface area (Å²) < 4.78 is 0.773. The Labute approximate surface area is 122 Å². The van der Waals surface area contributed by atoms with Crippen LogP contribution in [0.25, 0.3) is 0 Å². The first kappa shape index (κ1) is 14.5. The smallest absolute Gasteiger partial charge is 0.273 e. The van der Waals surface area contributed by atoms with Gasteiger partial charge >= 0.3 is 0 Å². The van der Waals surface area contributed by atoms with Gasteiger partial charge in [-0.15, -0.1) is 0 Å². The molecule has 19 heavy (non-hydrogen) atoms. The molecule has 1 aromatic rings. The molecular formula is C14H20BrN3O. The molecule has 0 aliphatic carbocycles. The minimum absolute atomic E-state index is 0.0365. The zero-order valence-electron chi connectivity index (χ0n) is 11.2. The second kappa shape index (κ2) is 7.01. The lowest BCUT2D eigenvalue weighted by molar-refractivity contribution is 0.0683. The van der Waals surface area contributed by atoms with Crippen molar-refractivity contribution < 1.29 is 4.79 Å². The van der Waals surface area contributed by atoms with E-state index in [4.69, 9.17) is 0 Å². The van der Waals surface area contributed by atoms with Gasteiger partial charge in [0.15, 0.2) is 0 Å². The Morgan fingerprint density at radius 3 is 2.89 bits per heavy atom. The van der Waals surface area contributed by atoms with E-state index in [9.17, 15) is 4.79 Å². The normalized spacial score (nSPS) is 16.6. The van der Waals surface area contributed by atoms with E-state index < -0.39 is 0 Å². The Morgan fingerprint density at radius 2 is 2.26 bits per heavy atom. The van der Waals surface area contributed by atoms with Gasteiger partial charge in [0, 0.05) is 23.8 Å². The third kappa shape index (κ3) is 3.76. The zero-order valence-corrected chi connectivity index (χ0v) is 12.8. The van der Waals surface area contributed by atoms with E-state index in [1.165, 1.54) is 0 Å². The highest BCUT2D eigenvalue weighted by molar-refractivity contribution is 9.10. The number of carbonyl (C=O) groups is 1. The maximum Gasteiger partial charge on any atom is 0.273 e. The van der Waals surface area contributed by atoms with E-state index in [-0.39, 0.29) is 5.91 Å². The molecule has 4 nitrogen and oxygen atoms in total. The number of hydrogen-bond donors (Lipinski definition) is 1. The molecule has 5 heteroatoms. The van der Waals surface area contributed by atoms with Crippen LogP contribution in [-0.4, -0.2) is 42.0 Å². The lowest BCUT2D eigenvalue weighted by Crippen LogP contribution is -2.41. The van der Waals surface area contributed by atoms with Crippen molar-refractivity contribution in [2.24, 2.45) is 5.92 Å². The van der Waals surface area contributed by atoms with Crippen LogP contribution in [0.2, 0.25) is 0 Å². The molecule has 1 aromatic heterocycles. The van der Waals surface area contributed by atoms with Crippen LogP contribution in [0.1, 0.15) is 30.3 Å². The van der Waals surface area contributed by atoms with E-state index in [1.807, 2.05) is 17.0 Å². The van der Waals surface area contributed by atoms with Gasteiger partial charge in [0.1, 0.15) is 5.69 Å². The summed E-state index contributed by atoms with van der Waals surface area (Å²) in [5, 5.41) is 3.38. The van der Waals surface area contributed by atoms with E-state index in [0.29, 0.717) is 11.6 Å². The summed E-state index contributed by atoms with van der Waals surface area (Å²) in [6.07, 6.45) is 3.81. The van der Waals surface area contributed by atoms with Crippen LogP contribution < -0.4 is 5.32 Å². The molecule has 1 aliphatic rings. The van der Waals surface area contributed by atoms with Crippen LogP contribution in [0.15, 0.2) is 22.8 Å². The maximum atomic E-state index is 12.4. The number of rotatable bonds is 4. The molecule has 2 rings (SSSR count). The first-order chi connectivity index (χ1) is 9.22.